The van der Waals surface area contributed by atoms with E-state index >= 15 is 0 Å². The summed E-state index contributed by atoms with van der Waals surface area (Å²) in [5.41, 5.74) is 1.24. The Bertz CT molecular complexity index is 440. The second-order valence-corrected chi connectivity index (χ2v) is 6.28. The van der Waals surface area contributed by atoms with Gasteiger partial charge in [0, 0.05) is 23.0 Å². The number of hydrogen-bond acceptors (Lipinski definition) is 3. The van der Waals surface area contributed by atoms with Gasteiger partial charge in [-0.25, -0.2) is 0 Å². The van der Waals surface area contributed by atoms with Gasteiger partial charge < -0.3 is 15.2 Å². The van der Waals surface area contributed by atoms with E-state index in [-0.39, 0.29) is 18.2 Å². The normalized spacial score (nSPS) is 24.2. The molecule has 1 heterocycles. The van der Waals surface area contributed by atoms with Crippen LogP contribution >= 0.6 is 15.9 Å². The molecule has 1 atom stereocenters. The minimum Gasteiger partial charge on any atom is -0.488 e. The highest BCUT2D eigenvalue weighted by atomic mass is 79.9. The molecule has 1 aliphatic carbocycles. The highest BCUT2D eigenvalue weighted by molar-refractivity contribution is 9.10. The van der Waals surface area contributed by atoms with Crippen LogP contribution in [0.1, 0.15) is 24.8 Å². The van der Waals surface area contributed by atoms with E-state index in [1.54, 1.807) is 0 Å². The Morgan fingerprint density at radius 3 is 2.94 bits per heavy atom. The lowest BCUT2D eigenvalue weighted by Gasteiger charge is -2.41. The van der Waals surface area contributed by atoms with E-state index in [4.69, 9.17) is 4.74 Å². The molecule has 3 rings (SSSR count). The topological polar surface area (TPSA) is 41.5 Å². The molecule has 2 aliphatic rings. The predicted octanol–water partition coefficient (Wildman–Crippen LogP) is 2.26. The third kappa shape index (κ3) is 2.29. The molecule has 0 aromatic heterocycles. The van der Waals surface area contributed by atoms with Crippen LogP contribution in [0.15, 0.2) is 22.7 Å². The minimum absolute atomic E-state index is 0.0290. The largest absolute Gasteiger partial charge is 0.488 e. The molecular weight excluding hydrogens is 294 g/mol. The van der Waals surface area contributed by atoms with Crippen molar-refractivity contribution in [3.8, 4) is 5.75 Å². The summed E-state index contributed by atoms with van der Waals surface area (Å²) in [6.07, 6.45) is 4.51. The second kappa shape index (κ2) is 4.83. The van der Waals surface area contributed by atoms with Crippen molar-refractivity contribution in [2.75, 3.05) is 13.2 Å². The predicted molar refractivity (Wildman–Crippen MR) is 73.9 cm³/mol. The minimum atomic E-state index is -0.0290. The van der Waals surface area contributed by atoms with E-state index in [0.29, 0.717) is 0 Å². The number of halogens is 1. The summed E-state index contributed by atoms with van der Waals surface area (Å²) in [5.74, 6) is 0.997. The van der Waals surface area contributed by atoms with Gasteiger partial charge in [0.05, 0.1) is 6.61 Å². The van der Waals surface area contributed by atoms with E-state index in [0.717, 1.165) is 36.0 Å². The third-order valence-corrected chi connectivity index (χ3v) is 4.58. The summed E-state index contributed by atoms with van der Waals surface area (Å²) in [7, 11) is 0. The lowest BCUT2D eigenvalue weighted by molar-refractivity contribution is 0.0766. The van der Waals surface area contributed by atoms with Crippen molar-refractivity contribution in [2.24, 2.45) is 0 Å². The van der Waals surface area contributed by atoms with Crippen LogP contribution in [0.2, 0.25) is 0 Å². The monoisotopic (exact) mass is 311 g/mol. The highest BCUT2D eigenvalue weighted by Gasteiger charge is 2.37. The van der Waals surface area contributed by atoms with Crippen LogP contribution in [0.25, 0.3) is 0 Å². The first-order valence-corrected chi connectivity index (χ1v) is 7.31. The van der Waals surface area contributed by atoms with Gasteiger partial charge in [-0.3, -0.25) is 0 Å². The summed E-state index contributed by atoms with van der Waals surface area (Å²) in [6, 6.07) is 6.15. The molecule has 0 radical (unpaired) electrons. The molecule has 0 bridgehead atoms. The molecule has 3 nitrogen and oxygen atoms in total. The van der Waals surface area contributed by atoms with Gasteiger partial charge in [-0.1, -0.05) is 15.9 Å². The van der Waals surface area contributed by atoms with Crippen molar-refractivity contribution in [3.63, 3.8) is 0 Å². The molecular formula is C14H18BrNO2. The van der Waals surface area contributed by atoms with Gasteiger partial charge in [-0.2, -0.15) is 0 Å². The molecule has 1 fully saturated rings. The van der Waals surface area contributed by atoms with Gasteiger partial charge in [0.1, 0.15) is 11.9 Å². The van der Waals surface area contributed by atoms with Crippen LogP contribution in [0.3, 0.4) is 0 Å². The zero-order valence-corrected chi connectivity index (χ0v) is 11.9. The molecule has 18 heavy (non-hydrogen) atoms. The number of aliphatic hydroxyl groups is 1. The van der Waals surface area contributed by atoms with E-state index in [1.165, 1.54) is 12.0 Å². The maximum Gasteiger partial charge on any atom is 0.123 e. The van der Waals surface area contributed by atoms with Gasteiger partial charge in [-0.15, -0.1) is 0 Å². The summed E-state index contributed by atoms with van der Waals surface area (Å²) < 4.78 is 7.01. The Balaban J connectivity index is 1.58. The zero-order valence-electron chi connectivity index (χ0n) is 10.3. The standard InChI is InChI=1S/C14H18BrNO2/c15-11-2-3-13-10(6-11)7-12(18-13)8-16-14(9-17)4-1-5-14/h2-3,6,12,16-17H,1,4-5,7-9H2. The molecule has 4 heteroatoms. The molecule has 2 N–H and O–H groups in total. The van der Waals surface area contributed by atoms with E-state index < -0.39 is 0 Å². The van der Waals surface area contributed by atoms with Crippen molar-refractivity contribution in [1.82, 2.24) is 5.32 Å². The van der Waals surface area contributed by atoms with Crippen molar-refractivity contribution in [2.45, 2.75) is 37.3 Å². The van der Waals surface area contributed by atoms with Gasteiger partial charge >= 0.3 is 0 Å². The van der Waals surface area contributed by atoms with Gasteiger partial charge in [-0.05, 0) is 43.0 Å². The maximum absolute atomic E-state index is 9.41. The van der Waals surface area contributed by atoms with E-state index in [2.05, 4.69) is 27.3 Å². The fourth-order valence-corrected chi connectivity index (χ4v) is 3.14. The van der Waals surface area contributed by atoms with Crippen LogP contribution in [-0.2, 0) is 6.42 Å². The first-order valence-electron chi connectivity index (χ1n) is 6.52. The smallest absolute Gasteiger partial charge is 0.123 e. The lowest BCUT2D eigenvalue weighted by atomic mass is 9.77. The maximum atomic E-state index is 9.41. The van der Waals surface area contributed by atoms with Gasteiger partial charge in [0.2, 0.25) is 0 Å². The van der Waals surface area contributed by atoms with E-state index in [1.807, 2.05) is 12.1 Å². The highest BCUT2D eigenvalue weighted by Crippen LogP contribution is 2.33. The fraction of sp³-hybridized carbons (Fsp3) is 0.571. The first kappa shape index (κ1) is 12.5. The number of ether oxygens (including phenoxy) is 1. The Morgan fingerprint density at radius 2 is 2.28 bits per heavy atom. The molecule has 1 aromatic rings. The van der Waals surface area contributed by atoms with Crippen LogP contribution < -0.4 is 10.1 Å². The Labute approximate surface area is 116 Å². The number of fused-ring (bicyclic) bond motifs is 1. The van der Waals surface area contributed by atoms with Crippen molar-refractivity contribution in [3.05, 3.63) is 28.2 Å². The van der Waals surface area contributed by atoms with Crippen LogP contribution in [0, 0.1) is 0 Å². The average Bonchev–Trinajstić information content (AvgIpc) is 2.70. The molecule has 0 saturated heterocycles. The fourth-order valence-electron chi connectivity index (χ4n) is 2.73. The second-order valence-electron chi connectivity index (χ2n) is 5.37. The van der Waals surface area contributed by atoms with Crippen LogP contribution in [0.5, 0.6) is 5.75 Å². The number of benzene rings is 1. The molecule has 1 aromatic carbocycles. The SMILES string of the molecule is OCC1(NCC2Cc3cc(Br)ccc3O2)CCC1. The first-order chi connectivity index (χ1) is 8.71. The lowest BCUT2D eigenvalue weighted by Crippen LogP contribution is -2.56. The molecule has 1 unspecified atom stereocenters. The molecule has 0 amide bonds. The van der Waals surface area contributed by atoms with Crippen molar-refractivity contribution in [1.29, 1.82) is 0 Å². The zero-order chi connectivity index (χ0) is 12.6. The summed E-state index contributed by atoms with van der Waals surface area (Å²) >= 11 is 3.48. The number of rotatable bonds is 4. The molecule has 0 spiro atoms. The Kier molecular flexibility index (Phi) is 3.34. The molecule has 98 valence electrons. The number of hydrogen-bond donors (Lipinski definition) is 2. The summed E-state index contributed by atoms with van der Waals surface area (Å²) in [5, 5.41) is 12.9. The van der Waals surface area contributed by atoms with Gasteiger partial charge in [0.25, 0.3) is 0 Å². The summed E-state index contributed by atoms with van der Waals surface area (Å²) in [6.45, 7) is 1.05. The third-order valence-electron chi connectivity index (χ3n) is 4.08. The average molecular weight is 312 g/mol. The molecule has 1 saturated carbocycles. The Morgan fingerprint density at radius 1 is 1.44 bits per heavy atom. The number of nitrogens with one attached hydrogen (secondary N) is 1. The van der Waals surface area contributed by atoms with Crippen LogP contribution in [-0.4, -0.2) is 29.9 Å². The van der Waals surface area contributed by atoms with Crippen LogP contribution in [0.4, 0.5) is 0 Å². The Hall–Kier alpha value is -0.580. The summed E-state index contributed by atoms with van der Waals surface area (Å²) in [4.78, 5) is 0. The van der Waals surface area contributed by atoms with Gasteiger partial charge in [0.15, 0.2) is 0 Å². The molecule has 1 aliphatic heterocycles. The van der Waals surface area contributed by atoms with Crippen molar-refractivity contribution < 1.29 is 9.84 Å². The van der Waals surface area contributed by atoms with E-state index in [9.17, 15) is 5.11 Å². The number of aliphatic hydroxyl groups excluding tert-OH is 1. The van der Waals surface area contributed by atoms with Crippen molar-refractivity contribution >= 4 is 15.9 Å². The quantitative estimate of drug-likeness (QED) is 0.896.